The molecule has 3 aromatic rings. The monoisotopic (exact) mass is 359 g/mol. The molecule has 0 unspecified atom stereocenters. The third-order valence-electron chi connectivity index (χ3n) is 6.80. The van der Waals surface area contributed by atoms with E-state index in [2.05, 4.69) is 79.2 Å². The fourth-order valence-electron chi connectivity index (χ4n) is 4.74. The van der Waals surface area contributed by atoms with Crippen molar-refractivity contribution < 1.29 is 0 Å². The summed E-state index contributed by atoms with van der Waals surface area (Å²) in [5, 5.41) is 11.9. The van der Waals surface area contributed by atoms with Crippen LogP contribution in [0.1, 0.15) is 45.6 Å². The summed E-state index contributed by atoms with van der Waals surface area (Å²) in [6.45, 7) is 10.0. The van der Waals surface area contributed by atoms with Crippen LogP contribution in [-0.2, 0) is 6.54 Å². The second-order valence-electron chi connectivity index (χ2n) is 9.19. The average Bonchev–Trinajstić information content (AvgIpc) is 3.00. The van der Waals surface area contributed by atoms with E-state index in [1.54, 1.807) is 0 Å². The van der Waals surface area contributed by atoms with Crippen LogP contribution in [0.25, 0.3) is 21.8 Å². The number of aromatic amines is 1. The molecule has 4 rings (SSSR count). The molecule has 1 aliphatic rings. The van der Waals surface area contributed by atoms with E-state index in [0.29, 0.717) is 6.42 Å². The van der Waals surface area contributed by atoms with Crippen molar-refractivity contribution in [1.29, 1.82) is 5.26 Å². The largest absolute Gasteiger partial charge is 0.355 e. The van der Waals surface area contributed by atoms with Gasteiger partial charge in [0.1, 0.15) is 0 Å². The van der Waals surface area contributed by atoms with Gasteiger partial charge in [0.2, 0.25) is 0 Å². The van der Waals surface area contributed by atoms with Gasteiger partial charge in [-0.1, -0.05) is 51.1 Å². The molecule has 0 aliphatic carbocycles. The third-order valence-corrected chi connectivity index (χ3v) is 6.80. The lowest BCUT2D eigenvalue weighted by atomic mass is 9.60. The Bertz CT molecular complexity index is 992. The number of H-pyrrole nitrogens is 1. The molecule has 0 spiro atoms. The molecule has 1 fully saturated rings. The van der Waals surface area contributed by atoms with E-state index < -0.39 is 0 Å². The topological polar surface area (TPSA) is 42.8 Å². The zero-order valence-electron chi connectivity index (χ0n) is 16.7. The van der Waals surface area contributed by atoms with Gasteiger partial charge >= 0.3 is 0 Å². The molecule has 0 saturated carbocycles. The zero-order chi connectivity index (χ0) is 19.1. The standard InChI is InChI=1S/C24H29N3/c1-23(2,3)24(10-13-25)11-14-27(15-12-24)17-18-8-9-20-19-6-4-5-7-21(19)26-22(20)16-18/h4-9,16,26H,10-12,14-15,17H2,1-3H3. The molecular weight excluding hydrogens is 330 g/mol. The van der Waals surface area contributed by atoms with Crippen LogP contribution in [0.3, 0.4) is 0 Å². The minimum atomic E-state index is 0.152. The van der Waals surface area contributed by atoms with Crippen molar-refractivity contribution in [2.24, 2.45) is 10.8 Å². The first-order valence-corrected chi connectivity index (χ1v) is 10.0. The predicted molar refractivity (Wildman–Crippen MR) is 112 cm³/mol. The van der Waals surface area contributed by atoms with Gasteiger partial charge in [0, 0.05) is 34.8 Å². The van der Waals surface area contributed by atoms with Crippen molar-refractivity contribution in [2.45, 2.75) is 46.6 Å². The second-order valence-corrected chi connectivity index (χ2v) is 9.19. The second kappa shape index (κ2) is 6.69. The minimum absolute atomic E-state index is 0.152. The Labute approximate surface area is 162 Å². The molecular formula is C24H29N3. The van der Waals surface area contributed by atoms with Crippen molar-refractivity contribution in [2.75, 3.05) is 13.1 Å². The summed E-state index contributed by atoms with van der Waals surface area (Å²) < 4.78 is 0. The van der Waals surface area contributed by atoms with Gasteiger partial charge in [-0.3, -0.25) is 4.90 Å². The lowest BCUT2D eigenvalue weighted by Gasteiger charge is -2.49. The maximum atomic E-state index is 9.34. The van der Waals surface area contributed by atoms with Gasteiger partial charge in [-0.05, 0) is 54.5 Å². The Kier molecular flexibility index (Phi) is 4.48. The molecule has 2 aromatic carbocycles. The fourth-order valence-corrected chi connectivity index (χ4v) is 4.74. The predicted octanol–water partition coefficient (Wildman–Crippen LogP) is 5.86. The highest BCUT2D eigenvalue weighted by molar-refractivity contribution is 6.07. The summed E-state index contributed by atoms with van der Waals surface area (Å²) in [6.07, 6.45) is 2.89. The molecule has 1 aromatic heterocycles. The molecule has 3 nitrogen and oxygen atoms in total. The lowest BCUT2D eigenvalue weighted by molar-refractivity contribution is 0.00712. The van der Waals surface area contributed by atoms with Crippen LogP contribution in [0, 0.1) is 22.2 Å². The SMILES string of the molecule is CC(C)(C)C1(CC#N)CCN(Cc2ccc3c(c2)[nH]c2ccccc23)CC1. The number of para-hydroxylation sites is 1. The molecule has 1 saturated heterocycles. The van der Waals surface area contributed by atoms with Crippen LogP contribution in [0.5, 0.6) is 0 Å². The van der Waals surface area contributed by atoms with Gasteiger partial charge in [0.15, 0.2) is 0 Å². The molecule has 0 amide bonds. The van der Waals surface area contributed by atoms with Gasteiger partial charge in [-0.15, -0.1) is 0 Å². The summed E-state index contributed by atoms with van der Waals surface area (Å²) in [4.78, 5) is 6.10. The quantitative estimate of drug-likeness (QED) is 0.636. The molecule has 1 N–H and O–H groups in total. The number of nitrogens with zero attached hydrogens (tertiary/aromatic N) is 2. The van der Waals surface area contributed by atoms with Crippen molar-refractivity contribution in [3.8, 4) is 6.07 Å². The van der Waals surface area contributed by atoms with Gasteiger partial charge in [0.25, 0.3) is 0 Å². The van der Waals surface area contributed by atoms with Crippen LogP contribution in [0.2, 0.25) is 0 Å². The van der Waals surface area contributed by atoms with E-state index >= 15 is 0 Å². The molecule has 0 bridgehead atoms. The summed E-state index contributed by atoms with van der Waals surface area (Å²) in [5.74, 6) is 0. The van der Waals surface area contributed by atoms with E-state index in [4.69, 9.17) is 0 Å². The molecule has 27 heavy (non-hydrogen) atoms. The summed E-state index contributed by atoms with van der Waals surface area (Å²) in [6, 6.07) is 17.8. The Balaban J connectivity index is 1.50. The van der Waals surface area contributed by atoms with Gasteiger partial charge in [-0.25, -0.2) is 0 Å². The highest BCUT2D eigenvalue weighted by atomic mass is 15.1. The first-order chi connectivity index (χ1) is 12.9. The van der Waals surface area contributed by atoms with Crippen molar-refractivity contribution in [3.05, 3.63) is 48.0 Å². The highest BCUT2D eigenvalue weighted by Crippen LogP contribution is 2.49. The van der Waals surface area contributed by atoms with Crippen molar-refractivity contribution in [1.82, 2.24) is 9.88 Å². The van der Waals surface area contributed by atoms with E-state index in [1.165, 1.54) is 27.4 Å². The number of nitriles is 1. The smallest absolute Gasteiger partial charge is 0.0627 e. The van der Waals surface area contributed by atoms with Crippen LogP contribution in [0.4, 0.5) is 0 Å². The molecule has 2 heterocycles. The molecule has 3 heteroatoms. The molecule has 0 radical (unpaired) electrons. The highest BCUT2D eigenvalue weighted by Gasteiger charge is 2.43. The Morgan fingerprint density at radius 2 is 1.74 bits per heavy atom. The van der Waals surface area contributed by atoms with E-state index in [0.717, 1.165) is 32.5 Å². The third kappa shape index (κ3) is 3.24. The molecule has 1 aliphatic heterocycles. The minimum Gasteiger partial charge on any atom is -0.355 e. The van der Waals surface area contributed by atoms with E-state index in [9.17, 15) is 5.26 Å². The van der Waals surface area contributed by atoms with Crippen LogP contribution in [-0.4, -0.2) is 23.0 Å². The Morgan fingerprint density at radius 1 is 1.04 bits per heavy atom. The number of benzene rings is 2. The number of piperidine rings is 1. The first-order valence-electron chi connectivity index (χ1n) is 10.0. The average molecular weight is 360 g/mol. The number of fused-ring (bicyclic) bond motifs is 3. The number of rotatable bonds is 3. The van der Waals surface area contributed by atoms with Gasteiger partial charge in [0.05, 0.1) is 6.07 Å². The number of likely N-dealkylation sites (tertiary alicyclic amines) is 1. The van der Waals surface area contributed by atoms with Gasteiger partial charge in [-0.2, -0.15) is 5.26 Å². The van der Waals surface area contributed by atoms with Crippen molar-refractivity contribution >= 4 is 21.8 Å². The normalized spacial score (nSPS) is 18.0. The van der Waals surface area contributed by atoms with Crippen LogP contribution in [0.15, 0.2) is 42.5 Å². The Morgan fingerprint density at radius 3 is 2.44 bits per heavy atom. The van der Waals surface area contributed by atoms with Crippen LogP contribution < -0.4 is 0 Å². The van der Waals surface area contributed by atoms with Crippen molar-refractivity contribution in [3.63, 3.8) is 0 Å². The maximum absolute atomic E-state index is 9.34. The van der Waals surface area contributed by atoms with E-state index in [1.807, 2.05) is 0 Å². The van der Waals surface area contributed by atoms with Gasteiger partial charge < -0.3 is 4.98 Å². The fraction of sp³-hybridized carbons (Fsp3) is 0.458. The molecule has 0 atom stereocenters. The maximum Gasteiger partial charge on any atom is 0.0627 e. The summed E-state index contributed by atoms with van der Waals surface area (Å²) >= 11 is 0. The Hall–Kier alpha value is -2.31. The number of hydrogen-bond acceptors (Lipinski definition) is 2. The number of hydrogen-bond donors (Lipinski definition) is 1. The summed E-state index contributed by atoms with van der Waals surface area (Å²) in [7, 11) is 0. The summed E-state index contributed by atoms with van der Waals surface area (Å²) in [5.41, 5.74) is 4.11. The number of nitrogens with one attached hydrogen (secondary N) is 1. The van der Waals surface area contributed by atoms with Crippen LogP contribution >= 0.6 is 0 Å². The van der Waals surface area contributed by atoms with E-state index in [-0.39, 0.29) is 10.8 Å². The lowest BCUT2D eigenvalue weighted by Crippen LogP contribution is -2.46. The molecule has 140 valence electrons. The first kappa shape index (κ1) is 18.1. The number of aromatic nitrogens is 1. The zero-order valence-corrected chi connectivity index (χ0v) is 16.7.